The van der Waals surface area contributed by atoms with Gasteiger partial charge in [-0.3, -0.25) is 9.59 Å². The average molecular weight is 306 g/mol. The van der Waals surface area contributed by atoms with Crippen molar-refractivity contribution in [2.75, 3.05) is 13.7 Å². The summed E-state index contributed by atoms with van der Waals surface area (Å²) >= 11 is 0. The maximum Gasteiger partial charge on any atom is 0.251 e. The average Bonchev–Trinajstić information content (AvgIpc) is 3.03. The third kappa shape index (κ3) is 4.08. The molecule has 0 spiro atoms. The standard InChI is InChI=1S/C15H15FN2O4/c1-21-13-5-4-10(7-12(13)16)15(20)18-9-14(19)17-8-11-3-2-6-22-11/h2-7H,8-9H2,1H3,(H,17,19)(H,18,20). The molecule has 0 unspecified atom stereocenters. The van der Waals surface area contributed by atoms with Crippen molar-refractivity contribution in [3.63, 3.8) is 0 Å². The van der Waals surface area contributed by atoms with Gasteiger partial charge in [-0.2, -0.15) is 0 Å². The van der Waals surface area contributed by atoms with E-state index < -0.39 is 11.7 Å². The van der Waals surface area contributed by atoms with E-state index in [2.05, 4.69) is 10.6 Å². The summed E-state index contributed by atoms with van der Waals surface area (Å²) in [5.74, 6) is -0.907. The summed E-state index contributed by atoms with van der Waals surface area (Å²) in [7, 11) is 1.33. The highest BCUT2D eigenvalue weighted by Gasteiger charge is 2.11. The van der Waals surface area contributed by atoms with Gasteiger partial charge in [0.2, 0.25) is 5.91 Å². The van der Waals surface area contributed by atoms with Gasteiger partial charge in [0.15, 0.2) is 11.6 Å². The van der Waals surface area contributed by atoms with E-state index >= 15 is 0 Å². The largest absolute Gasteiger partial charge is 0.494 e. The molecule has 6 nitrogen and oxygen atoms in total. The molecule has 1 aromatic carbocycles. The number of ether oxygens (including phenoxy) is 1. The lowest BCUT2D eigenvalue weighted by Crippen LogP contribution is -2.36. The molecule has 0 saturated heterocycles. The number of nitrogens with one attached hydrogen (secondary N) is 2. The zero-order valence-corrected chi connectivity index (χ0v) is 11.9. The molecule has 2 amide bonds. The van der Waals surface area contributed by atoms with Crippen LogP contribution in [0.4, 0.5) is 4.39 Å². The number of carbonyl (C=O) groups excluding carboxylic acids is 2. The first-order chi connectivity index (χ1) is 10.6. The van der Waals surface area contributed by atoms with Crippen molar-refractivity contribution < 1.29 is 23.1 Å². The van der Waals surface area contributed by atoms with Gasteiger partial charge in [-0.1, -0.05) is 0 Å². The van der Waals surface area contributed by atoms with Gasteiger partial charge in [0.1, 0.15) is 5.76 Å². The highest BCUT2D eigenvalue weighted by molar-refractivity contribution is 5.96. The molecule has 2 rings (SSSR count). The van der Waals surface area contributed by atoms with Crippen molar-refractivity contribution in [3.8, 4) is 5.75 Å². The molecule has 1 heterocycles. The first-order valence-corrected chi connectivity index (χ1v) is 6.51. The number of halogens is 1. The molecular formula is C15H15FN2O4. The summed E-state index contributed by atoms with van der Waals surface area (Å²) in [5.41, 5.74) is 0.108. The van der Waals surface area contributed by atoms with E-state index in [1.807, 2.05) is 0 Å². The van der Waals surface area contributed by atoms with Crippen LogP contribution in [0.2, 0.25) is 0 Å². The summed E-state index contributed by atoms with van der Waals surface area (Å²) in [6.45, 7) is 0.0199. The van der Waals surface area contributed by atoms with Gasteiger partial charge < -0.3 is 19.8 Å². The van der Waals surface area contributed by atoms with Gasteiger partial charge >= 0.3 is 0 Å². The Kier molecular flexibility index (Phi) is 5.13. The normalized spacial score (nSPS) is 10.1. The lowest BCUT2D eigenvalue weighted by molar-refractivity contribution is -0.120. The lowest BCUT2D eigenvalue weighted by Gasteiger charge is -2.07. The van der Waals surface area contributed by atoms with Crippen LogP contribution in [0.1, 0.15) is 16.1 Å². The predicted molar refractivity (Wildman–Crippen MR) is 75.8 cm³/mol. The van der Waals surface area contributed by atoms with Crippen LogP contribution in [-0.2, 0) is 11.3 Å². The van der Waals surface area contributed by atoms with Crippen LogP contribution in [0.5, 0.6) is 5.75 Å². The topological polar surface area (TPSA) is 80.6 Å². The van der Waals surface area contributed by atoms with Crippen LogP contribution in [0.15, 0.2) is 41.0 Å². The quantitative estimate of drug-likeness (QED) is 0.847. The Morgan fingerprint density at radius 2 is 2.09 bits per heavy atom. The molecule has 0 aliphatic rings. The van der Waals surface area contributed by atoms with Crippen LogP contribution in [0.25, 0.3) is 0 Å². The molecule has 0 fully saturated rings. The van der Waals surface area contributed by atoms with Crippen molar-refractivity contribution in [2.45, 2.75) is 6.54 Å². The van der Waals surface area contributed by atoms with Crippen molar-refractivity contribution in [1.82, 2.24) is 10.6 Å². The van der Waals surface area contributed by atoms with E-state index in [4.69, 9.17) is 9.15 Å². The predicted octanol–water partition coefficient (Wildman–Crippen LogP) is 1.47. The van der Waals surface area contributed by atoms with E-state index in [9.17, 15) is 14.0 Å². The first kappa shape index (κ1) is 15.6. The number of methoxy groups -OCH3 is 1. The van der Waals surface area contributed by atoms with Crippen LogP contribution in [0, 0.1) is 5.82 Å². The number of carbonyl (C=O) groups is 2. The second-order valence-corrected chi connectivity index (χ2v) is 4.39. The Morgan fingerprint density at radius 3 is 2.73 bits per heavy atom. The second-order valence-electron chi connectivity index (χ2n) is 4.39. The third-order valence-electron chi connectivity index (χ3n) is 2.86. The van der Waals surface area contributed by atoms with Crippen LogP contribution in [0.3, 0.4) is 0 Å². The van der Waals surface area contributed by atoms with Crippen molar-refractivity contribution >= 4 is 11.8 Å². The van der Waals surface area contributed by atoms with Crippen molar-refractivity contribution in [2.24, 2.45) is 0 Å². The molecule has 2 aromatic rings. The molecule has 0 bridgehead atoms. The number of hydrogen-bond acceptors (Lipinski definition) is 4. The third-order valence-corrected chi connectivity index (χ3v) is 2.86. The van der Waals surface area contributed by atoms with E-state index in [1.165, 1.54) is 25.5 Å². The molecule has 0 aliphatic carbocycles. The Morgan fingerprint density at radius 1 is 1.27 bits per heavy atom. The summed E-state index contributed by atoms with van der Waals surface area (Å²) in [5, 5.41) is 4.98. The number of benzene rings is 1. The van der Waals surface area contributed by atoms with Gasteiger partial charge in [0.25, 0.3) is 5.91 Å². The zero-order valence-electron chi connectivity index (χ0n) is 11.9. The van der Waals surface area contributed by atoms with Gasteiger partial charge in [0.05, 0.1) is 26.5 Å². The maximum atomic E-state index is 13.5. The minimum Gasteiger partial charge on any atom is -0.494 e. The van der Waals surface area contributed by atoms with Crippen LogP contribution < -0.4 is 15.4 Å². The van der Waals surface area contributed by atoms with Gasteiger partial charge in [-0.25, -0.2) is 4.39 Å². The summed E-state index contributed by atoms with van der Waals surface area (Å²) < 4.78 is 23.3. The molecule has 0 aliphatic heterocycles. The minimum atomic E-state index is -0.641. The van der Waals surface area contributed by atoms with Gasteiger partial charge in [-0.05, 0) is 30.3 Å². The Balaban J connectivity index is 1.81. The molecule has 0 atom stereocenters. The Labute approximate surface area is 126 Å². The SMILES string of the molecule is COc1ccc(C(=O)NCC(=O)NCc2ccco2)cc1F. The Hall–Kier alpha value is -2.83. The molecular weight excluding hydrogens is 291 g/mol. The number of amides is 2. The fourth-order valence-corrected chi connectivity index (χ4v) is 1.73. The van der Waals surface area contributed by atoms with E-state index in [0.717, 1.165) is 6.07 Å². The summed E-state index contributed by atoms with van der Waals surface area (Å²) in [6.07, 6.45) is 1.50. The monoisotopic (exact) mass is 306 g/mol. The highest BCUT2D eigenvalue weighted by atomic mass is 19.1. The van der Waals surface area contributed by atoms with Crippen LogP contribution >= 0.6 is 0 Å². The molecule has 7 heteroatoms. The lowest BCUT2D eigenvalue weighted by atomic mass is 10.2. The highest BCUT2D eigenvalue weighted by Crippen LogP contribution is 2.17. The molecule has 1 aromatic heterocycles. The molecule has 0 saturated carbocycles. The molecule has 116 valence electrons. The number of hydrogen-bond donors (Lipinski definition) is 2. The van der Waals surface area contributed by atoms with Crippen LogP contribution in [-0.4, -0.2) is 25.5 Å². The number of rotatable bonds is 6. The maximum absolute atomic E-state index is 13.5. The van der Waals surface area contributed by atoms with Gasteiger partial charge in [0, 0.05) is 5.56 Å². The van der Waals surface area contributed by atoms with E-state index in [0.29, 0.717) is 5.76 Å². The first-order valence-electron chi connectivity index (χ1n) is 6.51. The second kappa shape index (κ2) is 7.26. The smallest absolute Gasteiger partial charge is 0.251 e. The Bertz CT molecular complexity index is 656. The fourth-order valence-electron chi connectivity index (χ4n) is 1.73. The summed E-state index contributed by atoms with van der Waals surface area (Å²) in [6, 6.07) is 7.24. The zero-order chi connectivity index (χ0) is 15.9. The molecule has 22 heavy (non-hydrogen) atoms. The van der Waals surface area contributed by atoms with Crippen molar-refractivity contribution in [1.29, 1.82) is 0 Å². The summed E-state index contributed by atoms with van der Waals surface area (Å²) in [4.78, 5) is 23.4. The molecule has 2 N–H and O–H groups in total. The van der Waals surface area contributed by atoms with Crippen molar-refractivity contribution in [3.05, 3.63) is 53.7 Å². The fraction of sp³-hybridized carbons (Fsp3) is 0.200. The van der Waals surface area contributed by atoms with E-state index in [-0.39, 0.29) is 30.3 Å². The number of furan rings is 1. The molecule has 0 radical (unpaired) electrons. The van der Waals surface area contributed by atoms with Gasteiger partial charge in [-0.15, -0.1) is 0 Å². The minimum absolute atomic E-state index is 0.0488. The van der Waals surface area contributed by atoms with E-state index in [1.54, 1.807) is 12.1 Å².